The zero-order valence-corrected chi connectivity index (χ0v) is 12.5. The van der Waals surface area contributed by atoms with Crippen molar-refractivity contribution < 1.29 is 4.79 Å². The Kier molecular flexibility index (Phi) is 6.44. The van der Waals surface area contributed by atoms with Crippen LogP contribution in [-0.4, -0.2) is 36.0 Å². The number of nitrogens with one attached hydrogen (secondary N) is 1. The van der Waals surface area contributed by atoms with E-state index in [0.717, 1.165) is 25.9 Å². The second-order valence-corrected chi connectivity index (χ2v) is 5.78. The lowest BCUT2D eigenvalue weighted by Crippen LogP contribution is -2.43. The highest BCUT2D eigenvalue weighted by molar-refractivity contribution is 5.85. The maximum atomic E-state index is 12.4. The van der Waals surface area contributed by atoms with Gasteiger partial charge in [-0.25, -0.2) is 0 Å². The third kappa shape index (κ3) is 3.61. The van der Waals surface area contributed by atoms with Crippen LogP contribution in [0.1, 0.15) is 52.4 Å². The van der Waals surface area contributed by atoms with E-state index in [1.54, 1.807) is 0 Å². The van der Waals surface area contributed by atoms with Gasteiger partial charge in [0, 0.05) is 25.0 Å². The Morgan fingerprint density at radius 1 is 1.33 bits per heavy atom. The molecule has 2 saturated heterocycles. The number of carbonyl (C=O) groups excluding carboxylic acids is 1. The molecule has 2 aliphatic heterocycles. The molecule has 2 heterocycles. The Hall–Kier alpha value is -0.280. The Balaban J connectivity index is 0.00000162. The number of fused-ring (bicyclic) bond motifs is 2. The minimum atomic E-state index is 0. The molecule has 106 valence electrons. The number of hydrogen-bond donors (Lipinski definition) is 1. The lowest BCUT2D eigenvalue weighted by Gasteiger charge is -2.29. The predicted molar refractivity (Wildman–Crippen MR) is 77.1 cm³/mol. The van der Waals surface area contributed by atoms with Crippen molar-refractivity contribution in [3.05, 3.63) is 0 Å². The predicted octanol–water partition coefficient (Wildman–Crippen LogP) is 2.59. The molecule has 18 heavy (non-hydrogen) atoms. The summed E-state index contributed by atoms with van der Waals surface area (Å²) >= 11 is 0. The number of hydrogen-bond acceptors (Lipinski definition) is 2. The van der Waals surface area contributed by atoms with Gasteiger partial charge in [0.25, 0.3) is 0 Å². The standard InChI is InChI=1S/C14H26N2O.ClH/c1-3-4-11(2)9-14(17)16-12-5-6-13(16)10-15-8-7-12;/h11-13,15H,3-10H2,1-2H3;1H. The molecule has 0 aromatic carbocycles. The normalized spacial score (nSPS) is 28.4. The molecule has 2 bridgehead atoms. The van der Waals surface area contributed by atoms with Crippen molar-refractivity contribution in [2.24, 2.45) is 5.92 Å². The first kappa shape index (κ1) is 15.8. The van der Waals surface area contributed by atoms with E-state index in [1.807, 2.05) is 0 Å². The molecular weight excluding hydrogens is 248 g/mol. The van der Waals surface area contributed by atoms with Gasteiger partial charge >= 0.3 is 0 Å². The summed E-state index contributed by atoms with van der Waals surface area (Å²) < 4.78 is 0. The zero-order valence-electron chi connectivity index (χ0n) is 11.7. The summed E-state index contributed by atoms with van der Waals surface area (Å²) in [4.78, 5) is 14.6. The molecule has 3 atom stereocenters. The van der Waals surface area contributed by atoms with Crippen LogP contribution in [0, 0.1) is 5.92 Å². The fourth-order valence-electron chi connectivity index (χ4n) is 3.39. The van der Waals surface area contributed by atoms with Gasteiger partial charge in [-0.1, -0.05) is 26.7 Å². The summed E-state index contributed by atoms with van der Waals surface area (Å²) in [6, 6.07) is 1.00. The Morgan fingerprint density at radius 3 is 2.78 bits per heavy atom. The van der Waals surface area contributed by atoms with Crippen molar-refractivity contribution in [3.8, 4) is 0 Å². The van der Waals surface area contributed by atoms with Crippen LogP contribution in [0.2, 0.25) is 0 Å². The fraction of sp³-hybridized carbons (Fsp3) is 0.929. The van der Waals surface area contributed by atoms with E-state index in [0.29, 0.717) is 23.9 Å². The molecule has 0 radical (unpaired) electrons. The van der Waals surface area contributed by atoms with E-state index in [4.69, 9.17) is 0 Å². The fourth-order valence-corrected chi connectivity index (χ4v) is 3.39. The van der Waals surface area contributed by atoms with Gasteiger partial charge < -0.3 is 10.2 Å². The Labute approximate surface area is 117 Å². The van der Waals surface area contributed by atoms with E-state index in [1.165, 1.54) is 25.7 Å². The first-order valence-corrected chi connectivity index (χ1v) is 7.24. The van der Waals surface area contributed by atoms with Gasteiger partial charge in [0.1, 0.15) is 0 Å². The quantitative estimate of drug-likeness (QED) is 0.855. The second kappa shape index (κ2) is 7.34. The number of carbonyl (C=O) groups is 1. The molecule has 0 spiro atoms. The van der Waals surface area contributed by atoms with Gasteiger partial charge in [-0.3, -0.25) is 4.79 Å². The van der Waals surface area contributed by atoms with Crippen molar-refractivity contribution in [3.63, 3.8) is 0 Å². The molecule has 1 N–H and O–H groups in total. The van der Waals surface area contributed by atoms with Gasteiger partial charge in [0.15, 0.2) is 0 Å². The van der Waals surface area contributed by atoms with Crippen LogP contribution in [0.4, 0.5) is 0 Å². The molecule has 0 aromatic heterocycles. The van der Waals surface area contributed by atoms with Crippen LogP contribution in [0.25, 0.3) is 0 Å². The van der Waals surface area contributed by atoms with Crippen molar-refractivity contribution in [2.45, 2.75) is 64.5 Å². The number of amides is 1. The van der Waals surface area contributed by atoms with Crippen molar-refractivity contribution in [1.82, 2.24) is 10.2 Å². The number of rotatable bonds is 4. The summed E-state index contributed by atoms with van der Waals surface area (Å²) in [7, 11) is 0. The molecule has 0 saturated carbocycles. The van der Waals surface area contributed by atoms with Crippen molar-refractivity contribution in [1.29, 1.82) is 0 Å². The molecule has 1 amide bonds. The van der Waals surface area contributed by atoms with E-state index >= 15 is 0 Å². The lowest BCUT2D eigenvalue weighted by atomic mass is 10.0. The average molecular weight is 275 g/mol. The lowest BCUT2D eigenvalue weighted by molar-refractivity contribution is -0.134. The second-order valence-electron chi connectivity index (χ2n) is 5.78. The van der Waals surface area contributed by atoms with E-state index < -0.39 is 0 Å². The van der Waals surface area contributed by atoms with E-state index in [9.17, 15) is 4.79 Å². The largest absolute Gasteiger partial charge is 0.335 e. The van der Waals surface area contributed by atoms with Gasteiger partial charge in [0.2, 0.25) is 5.91 Å². The highest BCUT2D eigenvalue weighted by Crippen LogP contribution is 2.29. The topological polar surface area (TPSA) is 32.3 Å². The van der Waals surface area contributed by atoms with Crippen molar-refractivity contribution in [2.75, 3.05) is 13.1 Å². The van der Waals surface area contributed by atoms with Crippen LogP contribution >= 0.6 is 12.4 Å². The molecular formula is C14H27ClN2O. The molecule has 4 heteroatoms. The Morgan fingerprint density at radius 2 is 2.06 bits per heavy atom. The molecule has 3 unspecified atom stereocenters. The highest BCUT2D eigenvalue weighted by atomic mass is 35.5. The third-order valence-corrected chi connectivity index (χ3v) is 4.25. The summed E-state index contributed by atoms with van der Waals surface area (Å²) in [5.74, 6) is 0.949. The zero-order chi connectivity index (χ0) is 12.3. The Bertz CT molecular complexity index is 259. The average Bonchev–Trinajstić information content (AvgIpc) is 2.52. The third-order valence-electron chi connectivity index (χ3n) is 4.25. The molecule has 2 rings (SSSR count). The van der Waals surface area contributed by atoms with Crippen LogP contribution < -0.4 is 5.32 Å². The summed E-state index contributed by atoms with van der Waals surface area (Å²) in [5, 5.41) is 3.45. The number of nitrogens with zero attached hydrogens (tertiary/aromatic N) is 1. The minimum absolute atomic E-state index is 0. The van der Waals surface area contributed by atoms with Gasteiger partial charge in [-0.2, -0.15) is 0 Å². The monoisotopic (exact) mass is 274 g/mol. The van der Waals surface area contributed by atoms with Crippen LogP contribution in [0.3, 0.4) is 0 Å². The molecule has 2 fully saturated rings. The maximum Gasteiger partial charge on any atom is 0.223 e. The van der Waals surface area contributed by atoms with Crippen molar-refractivity contribution >= 4 is 18.3 Å². The molecule has 0 aromatic rings. The van der Waals surface area contributed by atoms with Crippen LogP contribution in [0.15, 0.2) is 0 Å². The first-order valence-electron chi connectivity index (χ1n) is 7.24. The van der Waals surface area contributed by atoms with Gasteiger partial charge in [-0.05, 0) is 31.7 Å². The van der Waals surface area contributed by atoms with Gasteiger partial charge in [0.05, 0.1) is 0 Å². The highest BCUT2D eigenvalue weighted by Gasteiger charge is 2.37. The number of halogens is 1. The molecule has 2 aliphatic rings. The minimum Gasteiger partial charge on any atom is -0.335 e. The first-order chi connectivity index (χ1) is 8.22. The van der Waals surface area contributed by atoms with E-state index in [-0.39, 0.29) is 12.4 Å². The van der Waals surface area contributed by atoms with E-state index in [2.05, 4.69) is 24.1 Å². The van der Waals surface area contributed by atoms with Crippen LogP contribution in [-0.2, 0) is 4.79 Å². The smallest absolute Gasteiger partial charge is 0.223 e. The van der Waals surface area contributed by atoms with Gasteiger partial charge in [-0.15, -0.1) is 12.4 Å². The molecule has 3 nitrogen and oxygen atoms in total. The summed E-state index contributed by atoms with van der Waals surface area (Å²) in [6.45, 7) is 6.49. The summed E-state index contributed by atoms with van der Waals surface area (Å²) in [6.07, 6.45) is 6.67. The summed E-state index contributed by atoms with van der Waals surface area (Å²) in [5.41, 5.74) is 0. The maximum absolute atomic E-state index is 12.4. The molecule has 0 aliphatic carbocycles. The SMILES string of the molecule is CCCC(C)CC(=O)N1C2CCNCC1CC2.Cl. The van der Waals surface area contributed by atoms with Crippen LogP contribution in [0.5, 0.6) is 0 Å².